The molecule has 0 radical (unpaired) electrons. The molecule has 3 rings (SSSR count). The number of carbonyl (C=O) groups excluding carboxylic acids is 1. The molecule has 128 valence electrons. The van der Waals surface area contributed by atoms with Crippen LogP contribution < -0.4 is 5.32 Å². The number of halogens is 3. The van der Waals surface area contributed by atoms with Gasteiger partial charge in [-0.1, -0.05) is 23.9 Å². The highest BCUT2D eigenvalue weighted by molar-refractivity contribution is 9.10. The highest BCUT2D eigenvalue weighted by Crippen LogP contribution is 2.29. The fraction of sp³-hybridized carbons (Fsp3) is 0.0625. The lowest BCUT2D eigenvalue weighted by molar-refractivity contribution is -0.113. The number of nitrogens with one attached hydrogen (secondary N) is 1. The van der Waals surface area contributed by atoms with Gasteiger partial charge < -0.3 is 9.73 Å². The fourth-order valence-electron chi connectivity index (χ4n) is 1.92. The largest absolute Gasteiger partial charge is 0.411 e. The Morgan fingerprint density at radius 1 is 1.20 bits per heavy atom. The van der Waals surface area contributed by atoms with Gasteiger partial charge >= 0.3 is 0 Å². The van der Waals surface area contributed by atoms with Crippen LogP contribution in [0.4, 0.5) is 14.5 Å². The Morgan fingerprint density at radius 2 is 2.00 bits per heavy atom. The minimum absolute atomic E-state index is 0.0897. The van der Waals surface area contributed by atoms with Crippen molar-refractivity contribution < 1.29 is 18.0 Å². The predicted molar refractivity (Wildman–Crippen MR) is 93.1 cm³/mol. The van der Waals surface area contributed by atoms with Crippen LogP contribution in [-0.2, 0) is 4.79 Å². The Kier molecular flexibility index (Phi) is 5.44. The van der Waals surface area contributed by atoms with Crippen LogP contribution in [0.2, 0.25) is 0 Å². The maximum atomic E-state index is 13.5. The van der Waals surface area contributed by atoms with Crippen LogP contribution in [0.25, 0.3) is 11.5 Å². The molecule has 0 aliphatic rings. The molecule has 0 aliphatic carbocycles. The molecule has 1 heterocycles. The van der Waals surface area contributed by atoms with Crippen molar-refractivity contribution in [2.45, 2.75) is 5.22 Å². The minimum atomic E-state index is -0.714. The number of thioether (sulfide) groups is 1. The lowest BCUT2D eigenvalue weighted by atomic mass is 10.2. The zero-order chi connectivity index (χ0) is 17.8. The number of hydrogen-bond donors (Lipinski definition) is 1. The van der Waals surface area contributed by atoms with Crippen LogP contribution in [0.5, 0.6) is 0 Å². The molecule has 3 aromatic rings. The second-order valence-electron chi connectivity index (χ2n) is 4.81. The maximum Gasteiger partial charge on any atom is 0.277 e. The first-order valence-electron chi connectivity index (χ1n) is 6.99. The van der Waals surface area contributed by atoms with Gasteiger partial charge in [0.2, 0.25) is 11.8 Å². The van der Waals surface area contributed by atoms with Crippen molar-refractivity contribution in [3.05, 3.63) is 58.6 Å². The first-order chi connectivity index (χ1) is 12.0. The van der Waals surface area contributed by atoms with E-state index in [1.54, 1.807) is 0 Å². The molecule has 0 spiro atoms. The monoisotopic (exact) mass is 425 g/mol. The van der Waals surface area contributed by atoms with Crippen LogP contribution in [0.3, 0.4) is 0 Å². The molecule has 5 nitrogen and oxygen atoms in total. The fourth-order valence-corrected chi connectivity index (χ4v) is 2.94. The summed E-state index contributed by atoms with van der Waals surface area (Å²) in [5.74, 6) is -1.65. The van der Waals surface area contributed by atoms with E-state index in [1.165, 1.54) is 0 Å². The van der Waals surface area contributed by atoms with E-state index < -0.39 is 17.5 Å². The Morgan fingerprint density at radius 3 is 2.80 bits per heavy atom. The molecule has 1 aromatic heterocycles. The number of nitrogens with zero attached hydrogens (tertiary/aromatic N) is 2. The van der Waals surface area contributed by atoms with Crippen molar-refractivity contribution in [1.82, 2.24) is 10.2 Å². The maximum absolute atomic E-state index is 13.5. The third-order valence-corrected chi connectivity index (χ3v) is 4.55. The smallest absolute Gasteiger partial charge is 0.277 e. The number of aromatic nitrogens is 2. The predicted octanol–water partition coefficient (Wildman–Crippen LogP) is 4.51. The number of rotatable bonds is 5. The summed E-state index contributed by atoms with van der Waals surface area (Å²) in [5, 5.41) is 10.3. The molecule has 0 aliphatic heterocycles. The summed E-state index contributed by atoms with van der Waals surface area (Å²) in [6.07, 6.45) is 0. The summed E-state index contributed by atoms with van der Waals surface area (Å²) < 4.78 is 32.9. The van der Waals surface area contributed by atoms with Gasteiger partial charge in [0.05, 0.1) is 17.0 Å². The van der Waals surface area contributed by atoms with Gasteiger partial charge in [-0.15, -0.1) is 10.2 Å². The van der Waals surface area contributed by atoms with Crippen LogP contribution >= 0.6 is 27.7 Å². The summed E-state index contributed by atoms with van der Waals surface area (Å²) in [6.45, 7) is 0. The van der Waals surface area contributed by atoms with E-state index in [1.807, 2.05) is 24.3 Å². The van der Waals surface area contributed by atoms with Gasteiger partial charge in [0.1, 0.15) is 11.6 Å². The summed E-state index contributed by atoms with van der Waals surface area (Å²) in [4.78, 5) is 11.9. The SMILES string of the molecule is O=C(CSc1nnc(-c2ccccc2Br)o1)Nc1cc(F)ccc1F. The number of hydrogen-bond acceptors (Lipinski definition) is 5. The normalized spacial score (nSPS) is 10.7. The van der Waals surface area contributed by atoms with Crippen LogP contribution in [-0.4, -0.2) is 21.9 Å². The van der Waals surface area contributed by atoms with Gasteiger partial charge in [-0.2, -0.15) is 0 Å². The topological polar surface area (TPSA) is 68.0 Å². The molecule has 2 aromatic carbocycles. The summed E-state index contributed by atoms with van der Waals surface area (Å²) in [6, 6.07) is 10.2. The van der Waals surface area contributed by atoms with Gasteiger partial charge in [-0.05, 0) is 40.2 Å². The Labute approximate surface area is 154 Å². The molecular formula is C16H10BrF2N3O2S. The Bertz CT molecular complexity index is 920. The van der Waals surface area contributed by atoms with Crippen LogP contribution in [0, 0.1) is 11.6 Å². The van der Waals surface area contributed by atoms with E-state index in [4.69, 9.17) is 4.42 Å². The van der Waals surface area contributed by atoms with Gasteiger partial charge in [0.25, 0.3) is 5.22 Å². The second-order valence-corrected chi connectivity index (χ2v) is 6.59. The first-order valence-corrected chi connectivity index (χ1v) is 8.77. The van der Waals surface area contributed by atoms with E-state index in [0.29, 0.717) is 5.89 Å². The van der Waals surface area contributed by atoms with Crippen molar-refractivity contribution in [1.29, 1.82) is 0 Å². The molecule has 25 heavy (non-hydrogen) atoms. The van der Waals surface area contributed by atoms with Gasteiger partial charge in [-0.3, -0.25) is 4.79 Å². The van der Waals surface area contributed by atoms with Crippen molar-refractivity contribution >= 4 is 39.3 Å². The Balaban J connectivity index is 1.61. The molecule has 0 bridgehead atoms. The molecule has 0 unspecified atom stereocenters. The van der Waals surface area contributed by atoms with Crippen LogP contribution in [0.15, 0.2) is 56.6 Å². The van der Waals surface area contributed by atoms with Gasteiger partial charge in [0.15, 0.2) is 0 Å². The quantitative estimate of drug-likeness (QED) is 0.609. The molecule has 9 heteroatoms. The van der Waals surface area contributed by atoms with Crippen molar-refractivity contribution in [2.24, 2.45) is 0 Å². The van der Waals surface area contributed by atoms with Gasteiger partial charge in [-0.25, -0.2) is 8.78 Å². The number of carbonyl (C=O) groups is 1. The van der Waals surface area contributed by atoms with E-state index in [0.717, 1.165) is 40.0 Å². The zero-order valence-corrected chi connectivity index (χ0v) is 14.9. The highest BCUT2D eigenvalue weighted by atomic mass is 79.9. The summed E-state index contributed by atoms with van der Waals surface area (Å²) in [5.41, 5.74) is 0.512. The van der Waals surface area contributed by atoms with E-state index >= 15 is 0 Å². The highest BCUT2D eigenvalue weighted by Gasteiger charge is 2.14. The van der Waals surface area contributed by atoms with E-state index in [2.05, 4.69) is 31.4 Å². The second kappa shape index (κ2) is 7.75. The summed E-state index contributed by atoms with van der Waals surface area (Å²) in [7, 11) is 0. The van der Waals surface area contributed by atoms with Crippen molar-refractivity contribution in [3.8, 4) is 11.5 Å². The molecule has 1 amide bonds. The third kappa shape index (κ3) is 4.43. The molecule has 0 saturated carbocycles. The van der Waals surface area contributed by atoms with Gasteiger partial charge in [0, 0.05) is 10.5 Å². The molecule has 1 N–H and O–H groups in total. The molecule has 0 atom stereocenters. The number of anilines is 1. The van der Waals surface area contributed by atoms with Crippen molar-refractivity contribution in [2.75, 3.05) is 11.1 Å². The number of benzene rings is 2. The lowest BCUT2D eigenvalue weighted by Crippen LogP contribution is -2.15. The summed E-state index contributed by atoms with van der Waals surface area (Å²) >= 11 is 4.38. The molecule has 0 fully saturated rings. The minimum Gasteiger partial charge on any atom is -0.411 e. The van der Waals surface area contributed by atoms with Crippen molar-refractivity contribution in [3.63, 3.8) is 0 Å². The first kappa shape index (κ1) is 17.6. The molecular weight excluding hydrogens is 416 g/mol. The standard InChI is InChI=1S/C16H10BrF2N3O2S/c17-11-4-2-1-3-10(11)15-21-22-16(24-15)25-8-14(23)20-13-7-9(18)5-6-12(13)19/h1-7H,8H2,(H,20,23). The zero-order valence-electron chi connectivity index (χ0n) is 12.5. The Hall–Kier alpha value is -2.26. The third-order valence-electron chi connectivity index (χ3n) is 3.04. The average Bonchev–Trinajstić information content (AvgIpc) is 3.05. The van der Waals surface area contributed by atoms with E-state index in [9.17, 15) is 13.6 Å². The van der Waals surface area contributed by atoms with Crippen LogP contribution in [0.1, 0.15) is 0 Å². The van der Waals surface area contributed by atoms with E-state index in [-0.39, 0.29) is 16.7 Å². The number of amides is 1. The lowest BCUT2D eigenvalue weighted by Gasteiger charge is -2.05. The average molecular weight is 426 g/mol. The molecule has 0 saturated heterocycles.